The molecule has 2 aromatic carbocycles. The normalized spacial score (nSPS) is 18.1. The summed E-state index contributed by atoms with van der Waals surface area (Å²) in [5.41, 5.74) is 3.35. The van der Waals surface area contributed by atoms with Gasteiger partial charge in [0, 0.05) is 122 Å². The number of amides is 4. The smallest absolute Gasteiger partial charge is 0.317 e. The third-order valence-corrected chi connectivity index (χ3v) is 12.2. The molecule has 4 heterocycles. The molecule has 0 unspecified atom stereocenters. The van der Waals surface area contributed by atoms with E-state index in [0.29, 0.717) is 114 Å². The minimum atomic E-state index is -0.946. The van der Waals surface area contributed by atoms with E-state index in [-0.39, 0.29) is 49.8 Å². The number of carboxylic acids is 2. The van der Waals surface area contributed by atoms with Crippen LogP contribution >= 0.6 is 0 Å². The zero-order valence-electron chi connectivity index (χ0n) is 36.4. The highest BCUT2D eigenvalue weighted by atomic mass is 16.4. The minimum absolute atomic E-state index is 0.0335. The number of rotatable bonds is 15. The van der Waals surface area contributed by atoms with Gasteiger partial charge in [-0.05, 0) is 60.8 Å². The molecule has 4 amide bonds. The summed E-state index contributed by atoms with van der Waals surface area (Å²) in [5, 5.41) is 25.4. The Morgan fingerprint density at radius 2 is 1.11 bits per heavy atom. The highest BCUT2D eigenvalue weighted by Crippen LogP contribution is 2.26. The Morgan fingerprint density at radius 1 is 0.571 bits per heavy atom. The number of fused-ring (bicyclic) bond motifs is 1. The van der Waals surface area contributed by atoms with Gasteiger partial charge in [0.1, 0.15) is 0 Å². The van der Waals surface area contributed by atoms with Crippen molar-refractivity contribution in [2.45, 2.75) is 19.8 Å². The Kier molecular flexibility index (Phi) is 17.3. The number of likely N-dealkylation sites (N-methyl/N-ethyl adjacent to an activating group) is 1. The number of pyridine rings is 1. The first-order valence-electron chi connectivity index (χ1n) is 22.1. The molecule has 0 spiro atoms. The Hall–Kier alpha value is -5.53. The minimum Gasteiger partial charge on any atom is -0.480 e. The first kappa shape index (κ1) is 47.0. The van der Waals surface area contributed by atoms with E-state index in [0.717, 1.165) is 43.6 Å². The van der Waals surface area contributed by atoms with E-state index in [1.165, 1.54) is 0 Å². The topological polar surface area (TPSA) is 203 Å². The summed E-state index contributed by atoms with van der Waals surface area (Å²) in [6.45, 7) is 12.3. The highest BCUT2D eigenvalue weighted by Gasteiger charge is 2.25. The predicted molar refractivity (Wildman–Crippen MR) is 237 cm³/mol. The van der Waals surface area contributed by atoms with E-state index in [1.54, 1.807) is 29.3 Å². The zero-order chi connectivity index (χ0) is 44.7. The van der Waals surface area contributed by atoms with Crippen molar-refractivity contribution in [3.63, 3.8) is 0 Å². The third-order valence-electron chi connectivity index (χ3n) is 12.2. The molecule has 3 aliphatic rings. The second-order valence-corrected chi connectivity index (χ2v) is 16.5. The number of nitrogens with zero attached hydrogens (tertiary/aromatic N) is 8. The van der Waals surface area contributed by atoms with Gasteiger partial charge in [0.2, 0.25) is 11.8 Å². The van der Waals surface area contributed by atoms with Crippen LogP contribution in [0.25, 0.3) is 22.0 Å². The molecule has 340 valence electrons. The molecular formula is C45H62N10O8. The Morgan fingerprint density at radius 3 is 1.70 bits per heavy atom. The standard InChI is InChI=1S/C45H62N10O8/c1-2-49-17-19-51(21-22-53(33-43(60)61)24-23-52(20-18-49)32-42(58)59)31-41(57)55-27-25-50(26-28-55)16-13-47-44(62)35-7-5-34(6-8-35)36-9-10-39-38(29-36)37(11-12-46-39)45(63)48-30-40(56)54-14-3-4-15-54/h5-12,29H,2-4,13-28,30-33H2,1H3,(H,47,62)(H,48,63)(H,58,59)(H,60,61). The molecule has 0 bridgehead atoms. The second kappa shape index (κ2) is 23.2. The van der Waals surface area contributed by atoms with Crippen LogP contribution in [0.3, 0.4) is 0 Å². The van der Waals surface area contributed by atoms with Crippen LogP contribution in [0.1, 0.15) is 40.5 Å². The molecule has 0 atom stereocenters. The summed E-state index contributed by atoms with van der Waals surface area (Å²) in [6, 6.07) is 14.6. The number of aromatic nitrogens is 1. The van der Waals surface area contributed by atoms with Gasteiger partial charge in [0.15, 0.2) is 0 Å². The van der Waals surface area contributed by atoms with Crippen molar-refractivity contribution >= 4 is 46.5 Å². The van der Waals surface area contributed by atoms with Crippen LogP contribution in [-0.4, -0.2) is 223 Å². The van der Waals surface area contributed by atoms with E-state index in [2.05, 4.69) is 37.2 Å². The van der Waals surface area contributed by atoms with E-state index in [1.807, 2.05) is 45.0 Å². The third kappa shape index (κ3) is 14.0. The van der Waals surface area contributed by atoms with Crippen molar-refractivity contribution in [1.82, 2.24) is 49.9 Å². The van der Waals surface area contributed by atoms with Gasteiger partial charge in [-0.2, -0.15) is 0 Å². The Balaban J connectivity index is 0.949. The van der Waals surface area contributed by atoms with Crippen molar-refractivity contribution in [1.29, 1.82) is 0 Å². The van der Waals surface area contributed by atoms with Gasteiger partial charge in [-0.15, -0.1) is 0 Å². The molecule has 63 heavy (non-hydrogen) atoms. The number of carbonyl (C=O) groups excluding carboxylic acids is 4. The monoisotopic (exact) mass is 870 g/mol. The lowest BCUT2D eigenvalue weighted by Crippen LogP contribution is -2.53. The van der Waals surface area contributed by atoms with Crippen LogP contribution in [0, 0.1) is 0 Å². The summed E-state index contributed by atoms with van der Waals surface area (Å²) in [7, 11) is 0. The summed E-state index contributed by atoms with van der Waals surface area (Å²) < 4.78 is 0. The second-order valence-electron chi connectivity index (χ2n) is 16.5. The number of hydrogen-bond acceptors (Lipinski definition) is 12. The number of carbonyl (C=O) groups is 6. The van der Waals surface area contributed by atoms with E-state index < -0.39 is 11.9 Å². The van der Waals surface area contributed by atoms with Gasteiger partial charge >= 0.3 is 11.9 Å². The van der Waals surface area contributed by atoms with Crippen LogP contribution in [-0.2, 0) is 19.2 Å². The van der Waals surface area contributed by atoms with Crippen LogP contribution in [0.5, 0.6) is 0 Å². The number of nitrogens with one attached hydrogen (secondary N) is 2. The molecule has 0 radical (unpaired) electrons. The first-order chi connectivity index (χ1) is 30.4. The van der Waals surface area contributed by atoms with Gasteiger partial charge < -0.3 is 35.5 Å². The van der Waals surface area contributed by atoms with Gasteiger partial charge in [-0.25, -0.2) is 0 Å². The number of hydrogen-bond donors (Lipinski definition) is 4. The van der Waals surface area contributed by atoms with Crippen LogP contribution in [0.2, 0.25) is 0 Å². The maximum Gasteiger partial charge on any atom is 0.317 e. The van der Waals surface area contributed by atoms with E-state index >= 15 is 0 Å². The lowest BCUT2D eigenvalue weighted by Gasteiger charge is -2.37. The molecule has 0 saturated carbocycles. The fraction of sp³-hybridized carbons (Fsp3) is 0.533. The summed E-state index contributed by atoms with van der Waals surface area (Å²) >= 11 is 0. The Labute approximate surface area is 368 Å². The molecule has 0 aliphatic carbocycles. The molecule has 3 saturated heterocycles. The number of aliphatic carboxylic acids is 2. The fourth-order valence-corrected chi connectivity index (χ4v) is 8.36. The van der Waals surface area contributed by atoms with Gasteiger partial charge in [-0.3, -0.25) is 53.4 Å². The molecule has 3 aromatic rings. The van der Waals surface area contributed by atoms with Gasteiger partial charge in [-0.1, -0.05) is 25.1 Å². The maximum absolute atomic E-state index is 13.6. The quantitative estimate of drug-likeness (QED) is 0.165. The lowest BCUT2D eigenvalue weighted by atomic mass is 9.99. The van der Waals surface area contributed by atoms with Crippen LogP contribution < -0.4 is 10.6 Å². The summed E-state index contributed by atoms with van der Waals surface area (Å²) in [5.74, 6) is -2.43. The molecule has 1 aromatic heterocycles. The molecule has 3 fully saturated rings. The first-order valence-corrected chi connectivity index (χ1v) is 22.1. The van der Waals surface area contributed by atoms with Gasteiger partial charge in [0.05, 0.1) is 37.3 Å². The largest absolute Gasteiger partial charge is 0.480 e. The molecule has 18 nitrogen and oxygen atoms in total. The van der Waals surface area contributed by atoms with Crippen LogP contribution in [0.4, 0.5) is 0 Å². The molecule has 4 N–H and O–H groups in total. The predicted octanol–water partition coefficient (Wildman–Crippen LogP) is 0.539. The van der Waals surface area contributed by atoms with E-state index in [4.69, 9.17) is 0 Å². The number of likely N-dealkylation sites (tertiary alicyclic amines) is 1. The average Bonchev–Trinajstić information content (AvgIpc) is 3.83. The number of piperazine rings is 1. The maximum atomic E-state index is 13.6. The number of benzene rings is 2. The average molecular weight is 871 g/mol. The lowest BCUT2D eigenvalue weighted by molar-refractivity contribution is -0.140. The van der Waals surface area contributed by atoms with Gasteiger partial charge in [0.25, 0.3) is 11.8 Å². The van der Waals surface area contributed by atoms with E-state index in [9.17, 15) is 39.0 Å². The summed E-state index contributed by atoms with van der Waals surface area (Å²) in [4.78, 5) is 93.8. The van der Waals surface area contributed by atoms with Crippen molar-refractivity contribution in [2.24, 2.45) is 0 Å². The molecule has 18 heteroatoms. The fourth-order valence-electron chi connectivity index (χ4n) is 8.36. The Bertz CT molecular complexity index is 2050. The molecule has 6 rings (SSSR count). The highest BCUT2D eigenvalue weighted by molar-refractivity contribution is 6.07. The van der Waals surface area contributed by atoms with Crippen LogP contribution in [0.15, 0.2) is 54.7 Å². The molecular weight excluding hydrogens is 809 g/mol. The van der Waals surface area contributed by atoms with Crippen molar-refractivity contribution in [3.05, 3.63) is 65.9 Å². The van der Waals surface area contributed by atoms with Crippen molar-refractivity contribution in [2.75, 3.05) is 137 Å². The SMILES string of the molecule is CCN1CCN(CC(=O)O)CCN(CC(=O)O)CCN(CC(=O)N2CCN(CCNC(=O)c3ccc(-c4ccc5nccc(C(=O)NCC(=O)N6CCCC6)c5c4)cc3)CC2)CC1. The molecule has 3 aliphatic heterocycles. The van der Waals surface area contributed by atoms with Crippen molar-refractivity contribution < 1.29 is 39.0 Å². The zero-order valence-corrected chi connectivity index (χ0v) is 36.4. The summed E-state index contributed by atoms with van der Waals surface area (Å²) in [6.07, 6.45) is 3.55. The number of carboxylic acid groups (broad SMARTS) is 2. The van der Waals surface area contributed by atoms with Crippen molar-refractivity contribution in [3.8, 4) is 11.1 Å².